The Morgan fingerprint density at radius 2 is 0.721 bits per heavy atom. The SMILES string of the molecule is c1ccc(-c2ccccc2-c2ccc(-c3ccccc3)c(-c3nnnc(-c4ccccc4)c3-c3ccccc3-c3ccccc3)c2-c2cccc3[se]c4ccccc4c23)cc1. The van der Waals surface area contributed by atoms with E-state index < -0.39 is 0 Å². The van der Waals surface area contributed by atoms with Crippen LogP contribution in [-0.4, -0.2) is 29.9 Å². The second-order valence-electron chi connectivity index (χ2n) is 15.1. The van der Waals surface area contributed by atoms with Crippen molar-refractivity contribution in [1.82, 2.24) is 15.4 Å². The van der Waals surface area contributed by atoms with E-state index in [1.807, 2.05) is 6.07 Å². The van der Waals surface area contributed by atoms with Gasteiger partial charge in [-0.15, -0.1) is 0 Å². The maximum absolute atomic E-state index is 5.21. The van der Waals surface area contributed by atoms with Gasteiger partial charge in [0.05, 0.1) is 0 Å². The van der Waals surface area contributed by atoms with Crippen LogP contribution in [0.1, 0.15) is 0 Å². The molecule has 0 atom stereocenters. The number of rotatable bonds is 8. The van der Waals surface area contributed by atoms with E-state index in [1.54, 1.807) is 0 Å². The Hall–Kier alpha value is -7.49. The average Bonchev–Trinajstić information content (AvgIpc) is 3.74. The Bertz CT molecular complexity index is 3340. The molecule has 0 bridgehead atoms. The average molecular weight is 843 g/mol. The monoisotopic (exact) mass is 843 g/mol. The van der Waals surface area contributed by atoms with Crippen molar-refractivity contribution in [3.63, 3.8) is 0 Å². The summed E-state index contributed by atoms with van der Waals surface area (Å²) in [6.45, 7) is 0. The number of nitrogens with zero attached hydrogens (tertiary/aromatic N) is 3. The number of fused-ring (bicyclic) bond motifs is 3. The first kappa shape index (κ1) is 36.6. The molecule has 3 nitrogen and oxygen atoms in total. The van der Waals surface area contributed by atoms with Crippen LogP contribution in [0.15, 0.2) is 224 Å². The number of hydrogen-bond acceptors (Lipinski definition) is 3. The van der Waals surface area contributed by atoms with E-state index in [0.717, 1.165) is 78.1 Å². The summed E-state index contributed by atoms with van der Waals surface area (Å²) in [5.74, 6) is 0. The van der Waals surface area contributed by atoms with Gasteiger partial charge in [0.25, 0.3) is 0 Å². The van der Waals surface area contributed by atoms with Gasteiger partial charge in [-0.25, -0.2) is 0 Å². The third kappa shape index (κ3) is 6.60. The van der Waals surface area contributed by atoms with Gasteiger partial charge in [-0.2, -0.15) is 0 Å². The zero-order chi connectivity index (χ0) is 40.5. The van der Waals surface area contributed by atoms with Crippen molar-refractivity contribution in [2.75, 3.05) is 0 Å². The zero-order valence-corrected chi connectivity index (χ0v) is 34.8. The van der Waals surface area contributed by atoms with Crippen LogP contribution < -0.4 is 0 Å². The molecular formula is C57H37N3Se. The molecule has 9 aromatic carbocycles. The van der Waals surface area contributed by atoms with E-state index in [2.05, 4.69) is 224 Å². The molecule has 0 spiro atoms. The van der Waals surface area contributed by atoms with Crippen molar-refractivity contribution in [2.45, 2.75) is 0 Å². The summed E-state index contributed by atoms with van der Waals surface area (Å²) in [7, 11) is 0. The van der Waals surface area contributed by atoms with Crippen LogP contribution in [0.3, 0.4) is 0 Å². The minimum atomic E-state index is 0.165. The van der Waals surface area contributed by atoms with Crippen molar-refractivity contribution in [3.8, 4) is 89.3 Å². The van der Waals surface area contributed by atoms with E-state index in [1.165, 1.54) is 30.4 Å². The van der Waals surface area contributed by atoms with E-state index in [-0.39, 0.29) is 14.5 Å². The molecule has 0 saturated carbocycles. The van der Waals surface area contributed by atoms with Crippen LogP contribution in [0.2, 0.25) is 0 Å². The van der Waals surface area contributed by atoms with Crippen LogP contribution in [0, 0.1) is 0 Å². The second-order valence-corrected chi connectivity index (χ2v) is 17.4. The number of benzene rings is 9. The van der Waals surface area contributed by atoms with Gasteiger partial charge >= 0.3 is 357 Å². The summed E-state index contributed by atoms with van der Waals surface area (Å²) in [4.78, 5) is 0. The molecule has 286 valence electrons. The van der Waals surface area contributed by atoms with Gasteiger partial charge in [-0.3, -0.25) is 0 Å². The van der Waals surface area contributed by atoms with E-state index in [9.17, 15) is 0 Å². The van der Waals surface area contributed by atoms with Crippen LogP contribution in [0.4, 0.5) is 0 Å². The summed E-state index contributed by atoms with van der Waals surface area (Å²) < 4.78 is 2.78. The Kier molecular flexibility index (Phi) is 9.55. The van der Waals surface area contributed by atoms with Crippen LogP contribution in [0.25, 0.3) is 109 Å². The molecule has 0 saturated heterocycles. The first-order chi connectivity index (χ1) is 30.3. The predicted molar refractivity (Wildman–Crippen MR) is 255 cm³/mol. The molecule has 2 heterocycles. The van der Waals surface area contributed by atoms with Crippen molar-refractivity contribution < 1.29 is 0 Å². The predicted octanol–water partition coefficient (Wildman–Crippen LogP) is 14.6. The molecule has 11 aromatic rings. The quantitative estimate of drug-likeness (QED) is 0.143. The summed E-state index contributed by atoms with van der Waals surface area (Å²) >= 11 is 0.165. The maximum atomic E-state index is 5.21. The van der Waals surface area contributed by atoms with Gasteiger partial charge in [-0.05, 0) is 0 Å². The van der Waals surface area contributed by atoms with Crippen LogP contribution >= 0.6 is 0 Å². The molecule has 4 heteroatoms. The second kappa shape index (κ2) is 15.9. The van der Waals surface area contributed by atoms with E-state index in [0.29, 0.717) is 0 Å². The summed E-state index contributed by atoms with van der Waals surface area (Å²) in [6, 6.07) is 80.4. The molecule has 61 heavy (non-hydrogen) atoms. The van der Waals surface area contributed by atoms with Gasteiger partial charge in [0.2, 0.25) is 0 Å². The van der Waals surface area contributed by atoms with Crippen molar-refractivity contribution >= 4 is 33.8 Å². The molecule has 0 unspecified atom stereocenters. The van der Waals surface area contributed by atoms with Crippen molar-refractivity contribution in [1.29, 1.82) is 0 Å². The molecule has 0 aliphatic carbocycles. The van der Waals surface area contributed by atoms with Crippen molar-refractivity contribution in [3.05, 3.63) is 224 Å². The first-order valence-electron chi connectivity index (χ1n) is 20.5. The third-order valence-electron chi connectivity index (χ3n) is 11.6. The molecule has 0 N–H and O–H groups in total. The molecule has 0 aliphatic rings. The molecule has 2 aromatic heterocycles. The van der Waals surface area contributed by atoms with Crippen LogP contribution in [-0.2, 0) is 0 Å². The Labute approximate surface area is 361 Å². The molecule has 11 rings (SSSR count). The summed E-state index contributed by atoms with van der Waals surface area (Å²) in [5, 5.41) is 17.4. The van der Waals surface area contributed by atoms with Crippen molar-refractivity contribution in [2.24, 2.45) is 0 Å². The minimum absolute atomic E-state index is 0.165. The normalized spacial score (nSPS) is 11.3. The Morgan fingerprint density at radius 3 is 1.38 bits per heavy atom. The van der Waals surface area contributed by atoms with Crippen LogP contribution in [0.5, 0.6) is 0 Å². The summed E-state index contributed by atoms with van der Waals surface area (Å²) in [5.41, 5.74) is 16.8. The topological polar surface area (TPSA) is 38.7 Å². The molecule has 0 fully saturated rings. The fourth-order valence-corrected chi connectivity index (χ4v) is 11.3. The van der Waals surface area contributed by atoms with E-state index in [4.69, 9.17) is 10.2 Å². The third-order valence-corrected chi connectivity index (χ3v) is 14.0. The van der Waals surface area contributed by atoms with Gasteiger partial charge < -0.3 is 0 Å². The number of aromatic nitrogens is 3. The molecule has 0 radical (unpaired) electrons. The standard InChI is InChI=1S/C57H37N3Se/c1-5-20-38(21-6-1)42-28-13-15-30-45(42)47-37-36-44(40-24-9-3-10-25-40)54(53(47)49-33-19-35-51-52(49)48-32-17-18-34-50(48)61-51)57-55(56(58-60-59-57)41-26-11-4-12-27-41)46-31-16-14-29-43(46)39-22-7-2-8-23-39/h1-37H. The Morgan fingerprint density at radius 1 is 0.262 bits per heavy atom. The van der Waals surface area contributed by atoms with Gasteiger partial charge in [0, 0.05) is 0 Å². The fourth-order valence-electron chi connectivity index (χ4n) is 8.90. The van der Waals surface area contributed by atoms with Gasteiger partial charge in [-0.1, -0.05) is 6.07 Å². The van der Waals surface area contributed by atoms with Gasteiger partial charge in [0.1, 0.15) is 0 Å². The fraction of sp³-hybridized carbons (Fsp3) is 0. The van der Waals surface area contributed by atoms with E-state index >= 15 is 0 Å². The molecular weight excluding hydrogens is 806 g/mol. The summed E-state index contributed by atoms with van der Waals surface area (Å²) in [6.07, 6.45) is 0. The first-order valence-corrected chi connectivity index (χ1v) is 22.2. The number of hydrogen-bond donors (Lipinski definition) is 0. The zero-order valence-electron chi connectivity index (χ0n) is 33.1. The molecule has 0 aliphatic heterocycles. The Balaban J connectivity index is 1.35. The molecule has 0 amide bonds. The van der Waals surface area contributed by atoms with Gasteiger partial charge in [0.15, 0.2) is 0 Å².